The number of benzene rings is 3. The normalized spacial score (nSPS) is 11.9. The molecule has 1 atom stereocenters. The van der Waals surface area contributed by atoms with Crippen molar-refractivity contribution in [2.24, 2.45) is 0 Å². The largest absolute Gasteiger partial charge is 0.480 e. The van der Waals surface area contributed by atoms with Crippen LogP contribution in [0, 0.1) is 6.92 Å². The zero-order chi connectivity index (χ0) is 20.1. The number of aliphatic carboxylic acids is 1. The Morgan fingerprint density at radius 1 is 1.04 bits per heavy atom. The zero-order valence-electron chi connectivity index (χ0n) is 16.0. The number of hydrogen-bond donors (Lipinski definition) is 3. The van der Waals surface area contributed by atoms with Gasteiger partial charge < -0.3 is 15.7 Å². The molecule has 5 heteroatoms. The number of carboxylic acid groups (broad SMARTS) is 1. The van der Waals surface area contributed by atoms with Crippen molar-refractivity contribution < 1.29 is 14.7 Å². The van der Waals surface area contributed by atoms with Gasteiger partial charge >= 0.3 is 5.97 Å². The summed E-state index contributed by atoms with van der Waals surface area (Å²) in [6.07, 6.45) is 0. The summed E-state index contributed by atoms with van der Waals surface area (Å²) in [5.74, 6) is -1.05. The minimum absolute atomic E-state index is 0.118. The van der Waals surface area contributed by atoms with Crippen molar-refractivity contribution >= 4 is 22.6 Å². The van der Waals surface area contributed by atoms with Gasteiger partial charge in [-0.2, -0.15) is 0 Å². The van der Waals surface area contributed by atoms with E-state index in [1.807, 2.05) is 56.3 Å². The maximum absolute atomic E-state index is 12.9. The van der Waals surface area contributed by atoms with Crippen molar-refractivity contribution in [3.05, 3.63) is 82.9 Å². The molecule has 1 amide bonds. The van der Waals surface area contributed by atoms with Gasteiger partial charge in [0.05, 0.1) is 12.6 Å². The van der Waals surface area contributed by atoms with Crippen molar-refractivity contribution in [2.75, 3.05) is 6.54 Å². The molecule has 144 valence electrons. The molecule has 0 saturated heterocycles. The third-order valence-electron chi connectivity index (χ3n) is 4.79. The van der Waals surface area contributed by atoms with Crippen molar-refractivity contribution in [2.45, 2.75) is 26.4 Å². The summed E-state index contributed by atoms with van der Waals surface area (Å²) in [7, 11) is 0. The summed E-state index contributed by atoms with van der Waals surface area (Å²) in [4.78, 5) is 23.5. The van der Waals surface area contributed by atoms with E-state index >= 15 is 0 Å². The van der Waals surface area contributed by atoms with Crippen LogP contribution in [0.15, 0.2) is 60.7 Å². The quantitative estimate of drug-likeness (QED) is 0.586. The molecule has 3 N–H and O–H groups in total. The van der Waals surface area contributed by atoms with Crippen molar-refractivity contribution in [3.63, 3.8) is 0 Å². The molecule has 3 aromatic rings. The number of aryl methyl sites for hydroxylation is 1. The number of carbonyl (C=O) groups excluding carboxylic acids is 1. The van der Waals surface area contributed by atoms with Crippen LogP contribution in [0.2, 0.25) is 0 Å². The standard InChI is InChI=1S/C23H24N2O3/c1-15-10-11-17(13-24-14-22(26)27)12-21(15)23(28)25-16(2)19-9-5-7-18-6-3-4-8-20(18)19/h3-12,16,24H,13-14H2,1-2H3,(H,25,28)(H,26,27)/t16-/m1/s1. The first-order valence-corrected chi connectivity index (χ1v) is 9.26. The topological polar surface area (TPSA) is 78.4 Å². The van der Waals surface area contributed by atoms with Gasteiger partial charge in [-0.3, -0.25) is 9.59 Å². The molecule has 3 rings (SSSR count). The van der Waals surface area contributed by atoms with Gasteiger partial charge in [-0.25, -0.2) is 0 Å². The molecule has 0 aliphatic heterocycles. The van der Waals surface area contributed by atoms with Gasteiger partial charge in [0, 0.05) is 12.1 Å². The molecule has 0 heterocycles. The van der Waals surface area contributed by atoms with Crippen LogP contribution in [-0.4, -0.2) is 23.5 Å². The van der Waals surface area contributed by atoms with E-state index in [4.69, 9.17) is 5.11 Å². The van der Waals surface area contributed by atoms with Crippen LogP contribution in [0.3, 0.4) is 0 Å². The van der Waals surface area contributed by atoms with Crippen LogP contribution in [-0.2, 0) is 11.3 Å². The average molecular weight is 376 g/mol. The van der Waals surface area contributed by atoms with E-state index in [1.165, 1.54) is 0 Å². The third-order valence-corrected chi connectivity index (χ3v) is 4.79. The maximum atomic E-state index is 12.9. The second-order valence-electron chi connectivity index (χ2n) is 6.91. The fourth-order valence-corrected chi connectivity index (χ4v) is 3.32. The van der Waals surface area contributed by atoms with Gasteiger partial charge in [0.2, 0.25) is 0 Å². The number of amides is 1. The Morgan fingerprint density at radius 2 is 1.79 bits per heavy atom. The number of rotatable bonds is 7. The lowest BCUT2D eigenvalue weighted by Crippen LogP contribution is -2.28. The van der Waals surface area contributed by atoms with Crippen molar-refractivity contribution in [1.29, 1.82) is 0 Å². The SMILES string of the molecule is Cc1ccc(CNCC(=O)O)cc1C(=O)N[C@H](C)c1cccc2ccccc12. The van der Waals surface area contributed by atoms with Gasteiger partial charge in [0.1, 0.15) is 0 Å². The van der Waals surface area contributed by atoms with Gasteiger partial charge in [-0.05, 0) is 47.4 Å². The van der Waals surface area contributed by atoms with Crippen molar-refractivity contribution in [3.8, 4) is 0 Å². The Labute approximate surface area is 164 Å². The van der Waals surface area contributed by atoms with Gasteiger partial charge in [0.15, 0.2) is 0 Å². The molecule has 0 radical (unpaired) electrons. The van der Waals surface area contributed by atoms with Crippen LogP contribution >= 0.6 is 0 Å². The highest BCUT2D eigenvalue weighted by atomic mass is 16.4. The molecule has 0 saturated carbocycles. The summed E-state index contributed by atoms with van der Waals surface area (Å²) in [5.41, 5.74) is 3.42. The smallest absolute Gasteiger partial charge is 0.317 e. The van der Waals surface area contributed by atoms with Gasteiger partial charge in [-0.1, -0.05) is 54.6 Å². The minimum Gasteiger partial charge on any atom is -0.480 e. The Hall–Kier alpha value is -3.18. The predicted octanol–water partition coefficient (Wildman–Crippen LogP) is 3.81. The summed E-state index contributed by atoms with van der Waals surface area (Å²) < 4.78 is 0. The second-order valence-corrected chi connectivity index (χ2v) is 6.91. The van der Waals surface area contributed by atoms with Crippen LogP contribution in [0.1, 0.15) is 40.0 Å². The molecule has 0 fully saturated rings. The Kier molecular flexibility index (Phi) is 6.06. The number of fused-ring (bicyclic) bond motifs is 1. The summed E-state index contributed by atoms with van der Waals surface area (Å²) in [6.45, 7) is 4.15. The monoisotopic (exact) mass is 376 g/mol. The van der Waals surface area contributed by atoms with Crippen LogP contribution in [0.25, 0.3) is 10.8 Å². The molecule has 0 aliphatic rings. The van der Waals surface area contributed by atoms with E-state index in [-0.39, 0.29) is 18.5 Å². The average Bonchev–Trinajstić information content (AvgIpc) is 2.68. The molecule has 0 aromatic heterocycles. The maximum Gasteiger partial charge on any atom is 0.317 e. The van der Waals surface area contributed by atoms with Crippen LogP contribution in [0.5, 0.6) is 0 Å². The second kappa shape index (κ2) is 8.67. The molecule has 0 aliphatic carbocycles. The lowest BCUT2D eigenvalue weighted by atomic mass is 9.98. The molecule has 0 spiro atoms. The highest BCUT2D eigenvalue weighted by molar-refractivity contribution is 5.96. The third kappa shape index (κ3) is 4.56. The summed E-state index contributed by atoms with van der Waals surface area (Å²) in [5, 5.41) is 16.9. The van der Waals surface area contributed by atoms with E-state index < -0.39 is 5.97 Å². The summed E-state index contributed by atoms with van der Waals surface area (Å²) in [6, 6.07) is 19.7. The van der Waals surface area contributed by atoms with E-state index in [0.29, 0.717) is 12.1 Å². The van der Waals surface area contributed by atoms with E-state index in [2.05, 4.69) is 28.8 Å². The molecular formula is C23H24N2O3. The highest BCUT2D eigenvalue weighted by Crippen LogP contribution is 2.24. The first-order chi connectivity index (χ1) is 13.5. The fourth-order valence-electron chi connectivity index (χ4n) is 3.32. The number of carboxylic acids is 1. The van der Waals surface area contributed by atoms with E-state index in [0.717, 1.165) is 27.5 Å². The minimum atomic E-state index is -0.908. The predicted molar refractivity (Wildman–Crippen MR) is 110 cm³/mol. The van der Waals surface area contributed by atoms with Gasteiger partial charge in [-0.15, -0.1) is 0 Å². The zero-order valence-corrected chi connectivity index (χ0v) is 16.0. The first-order valence-electron chi connectivity index (χ1n) is 9.26. The Balaban J connectivity index is 1.77. The van der Waals surface area contributed by atoms with E-state index in [1.54, 1.807) is 0 Å². The van der Waals surface area contributed by atoms with Crippen molar-refractivity contribution in [1.82, 2.24) is 10.6 Å². The van der Waals surface area contributed by atoms with Crippen LogP contribution in [0.4, 0.5) is 0 Å². The highest BCUT2D eigenvalue weighted by Gasteiger charge is 2.15. The Bertz CT molecular complexity index is 1010. The summed E-state index contributed by atoms with van der Waals surface area (Å²) >= 11 is 0. The first kappa shape index (κ1) is 19.6. The number of hydrogen-bond acceptors (Lipinski definition) is 3. The lowest BCUT2D eigenvalue weighted by molar-refractivity contribution is -0.136. The van der Waals surface area contributed by atoms with Crippen LogP contribution < -0.4 is 10.6 Å². The molecule has 0 bridgehead atoms. The fraction of sp³-hybridized carbons (Fsp3) is 0.217. The molecule has 28 heavy (non-hydrogen) atoms. The molecule has 3 aromatic carbocycles. The van der Waals surface area contributed by atoms with E-state index in [9.17, 15) is 9.59 Å². The lowest BCUT2D eigenvalue weighted by Gasteiger charge is -2.18. The molecular weight excluding hydrogens is 352 g/mol. The Morgan fingerprint density at radius 3 is 2.57 bits per heavy atom. The molecule has 5 nitrogen and oxygen atoms in total. The van der Waals surface area contributed by atoms with Gasteiger partial charge in [0.25, 0.3) is 5.91 Å². The number of nitrogens with one attached hydrogen (secondary N) is 2. The number of carbonyl (C=O) groups is 2. The molecule has 0 unspecified atom stereocenters.